The van der Waals surface area contributed by atoms with Crippen molar-refractivity contribution < 1.29 is 14.7 Å². The number of carbonyl (C=O) groups is 2. The summed E-state index contributed by atoms with van der Waals surface area (Å²) in [5.74, 6) is -0.838. The van der Waals surface area contributed by atoms with Gasteiger partial charge in [-0.3, -0.25) is 9.59 Å². The fraction of sp³-hybridized carbons (Fsp3) is 0.231. The Morgan fingerprint density at radius 2 is 1.76 bits per heavy atom. The molecule has 1 N–H and O–H groups in total. The molecular formula is C13H11ClO3. The van der Waals surface area contributed by atoms with Gasteiger partial charge in [0.15, 0.2) is 11.6 Å². The van der Waals surface area contributed by atoms with Crippen LogP contribution in [0.15, 0.2) is 36.1 Å². The van der Waals surface area contributed by atoms with E-state index in [-0.39, 0.29) is 35.9 Å². The van der Waals surface area contributed by atoms with E-state index in [9.17, 15) is 9.59 Å². The van der Waals surface area contributed by atoms with E-state index in [4.69, 9.17) is 16.7 Å². The Labute approximate surface area is 104 Å². The molecule has 1 aromatic rings. The molecule has 1 aliphatic carbocycles. The van der Waals surface area contributed by atoms with Gasteiger partial charge in [0.1, 0.15) is 0 Å². The van der Waals surface area contributed by atoms with Gasteiger partial charge in [-0.25, -0.2) is 0 Å². The predicted octanol–water partition coefficient (Wildman–Crippen LogP) is 2.80. The number of hydrogen-bond acceptors (Lipinski definition) is 3. The fourth-order valence-electron chi connectivity index (χ4n) is 2.07. The lowest BCUT2D eigenvalue weighted by molar-refractivity contribution is -0.124. The van der Waals surface area contributed by atoms with Crippen molar-refractivity contribution in [2.45, 2.75) is 18.8 Å². The first-order chi connectivity index (χ1) is 8.13. The molecule has 3 nitrogen and oxygen atoms in total. The summed E-state index contributed by atoms with van der Waals surface area (Å²) in [6.07, 6.45) is 1.03. The Balaban J connectivity index is 2.30. The third kappa shape index (κ3) is 2.24. The van der Waals surface area contributed by atoms with Crippen LogP contribution in [0.2, 0.25) is 5.02 Å². The van der Waals surface area contributed by atoms with Crippen LogP contribution in [0, 0.1) is 0 Å². The van der Waals surface area contributed by atoms with E-state index in [2.05, 4.69) is 0 Å². The molecule has 1 aliphatic rings. The molecule has 0 unspecified atom stereocenters. The van der Waals surface area contributed by atoms with Crippen LogP contribution < -0.4 is 0 Å². The lowest BCUT2D eigenvalue weighted by Crippen LogP contribution is -2.24. The summed E-state index contributed by atoms with van der Waals surface area (Å²) in [5, 5.41) is 9.38. The predicted molar refractivity (Wildman–Crippen MR) is 64.2 cm³/mol. The second-order valence-electron chi connectivity index (χ2n) is 4.02. The summed E-state index contributed by atoms with van der Waals surface area (Å²) >= 11 is 6.04. The van der Waals surface area contributed by atoms with E-state index in [1.54, 1.807) is 12.1 Å². The highest BCUT2D eigenvalue weighted by molar-refractivity contribution is 6.31. The third-order valence-corrected chi connectivity index (χ3v) is 3.28. The zero-order valence-electron chi connectivity index (χ0n) is 9.02. The molecule has 1 aromatic carbocycles. The van der Waals surface area contributed by atoms with E-state index < -0.39 is 0 Å². The van der Waals surface area contributed by atoms with Crippen LogP contribution >= 0.6 is 11.6 Å². The Kier molecular flexibility index (Phi) is 3.29. The lowest BCUT2D eigenvalue weighted by atomic mass is 9.80. The Morgan fingerprint density at radius 3 is 2.29 bits per heavy atom. The van der Waals surface area contributed by atoms with Crippen molar-refractivity contribution in [2.24, 2.45) is 0 Å². The number of halogens is 1. The second-order valence-corrected chi connectivity index (χ2v) is 4.42. The number of ketones is 2. The van der Waals surface area contributed by atoms with Crippen LogP contribution in [0.3, 0.4) is 0 Å². The molecule has 0 aromatic heterocycles. The van der Waals surface area contributed by atoms with Crippen LogP contribution in [0.1, 0.15) is 24.3 Å². The lowest BCUT2D eigenvalue weighted by Gasteiger charge is -2.22. The van der Waals surface area contributed by atoms with Gasteiger partial charge < -0.3 is 5.11 Å². The molecule has 0 aliphatic heterocycles. The molecule has 4 heteroatoms. The molecule has 88 valence electrons. The molecule has 0 radical (unpaired) electrons. The average molecular weight is 251 g/mol. The van der Waals surface area contributed by atoms with Gasteiger partial charge in [0.05, 0.1) is 11.8 Å². The minimum atomic E-state index is -0.325. The van der Waals surface area contributed by atoms with Crippen molar-refractivity contribution in [2.75, 3.05) is 0 Å². The molecule has 1 saturated carbocycles. The van der Waals surface area contributed by atoms with Gasteiger partial charge in [-0.1, -0.05) is 29.8 Å². The van der Waals surface area contributed by atoms with E-state index in [0.29, 0.717) is 11.3 Å². The maximum Gasteiger partial charge on any atom is 0.170 e. The number of hydrogen-bond donors (Lipinski definition) is 1. The number of allylic oxidation sites excluding steroid dienone is 1. The Hall–Kier alpha value is -1.61. The van der Waals surface area contributed by atoms with Crippen molar-refractivity contribution in [1.82, 2.24) is 0 Å². The molecule has 1 fully saturated rings. The van der Waals surface area contributed by atoms with Crippen molar-refractivity contribution in [1.29, 1.82) is 0 Å². The Bertz CT molecular complexity index is 485. The second kappa shape index (κ2) is 4.72. The average Bonchev–Trinajstić information content (AvgIpc) is 2.29. The standard InChI is InChI=1S/C13H11ClO3/c14-11-4-2-1-3-9(11)8-5-12(16)10(7-15)13(17)6-8/h1-4,7-8,15H,5-6H2. The third-order valence-electron chi connectivity index (χ3n) is 2.94. The topological polar surface area (TPSA) is 54.4 Å². The monoisotopic (exact) mass is 250 g/mol. The Morgan fingerprint density at radius 1 is 1.18 bits per heavy atom. The number of aliphatic hydroxyl groups is 1. The summed E-state index contributed by atoms with van der Waals surface area (Å²) in [5.41, 5.74) is 0.709. The summed E-state index contributed by atoms with van der Waals surface area (Å²) in [4.78, 5) is 23.3. The van der Waals surface area contributed by atoms with Crippen molar-refractivity contribution in [3.05, 3.63) is 46.7 Å². The number of benzene rings is 1. The zero-order chi connectivity index (χ0) is 12.4. The minimum Gasteiger partial charge on any atom is -0.515 e. The summed E-state index contributed by atoms with van der Waals surface area (Å²) in [7, 11) is 0. The molecule has 0 bridgehead atoms. The maximum absolute atomic E-state index is 11.6. The molecular weight excluding hydrogens is 240 g/mol. The van der Waals surface area contributed by atoms with Gasteiger partial charge in [0.25, 0.3) is 0 Å². The SMILES string of the molecule is O=C1CC(c2ccccc2Cl)CC(=O)C1=CO. The van der Waals surface area contributed by atoms with E-state index in [0.717, 1.165) is 5.56 Å². The first-order valence-corrected chi connectivity index (χ1v) is 5.66. The van der Waals surface area contributed by atoms with E-state index in [1.807, 2.05) is 12.1 Å². The van der Waals surface area contributed by atoms with Crippen LogP contribution in [0.5, 0.6) is 0 Å². The minimum absolute atomic E-state index is 0.103. The fourth-order valence-corrected chi connectivity index (χ4v) is 2.36. The molecule has 0 amide bonds. The normalized spacial score (nSPS) is 20.5. The van der Waals surface area contributed by atoms with E-state index >= 15 is 0 Å². The highest BCUT2D eigenvalue weighted by Gasteiger charge is 2.32. The van der Waals surface area contributed by atoms with Gasteiger partial charge >= 0.3 is 0 Å². The smallest absolute Gasteiger partial charge is 0.170 e. The molecule has 0 atom stereocenters. The van der Waals surface area contributed by atoms with E-state index in [1.165, 1.54) is 0 Å². The van der Waals surface area contributed by atoms with Crippen LogP contribution in [-0.2, 0) is 9.59 Å². The first kappa shape index (κ1) is 11.9. The van der Waals surface area contributed by atoms with Crippen LogP contribution in [-0.4, -0.2) is 16.7 Å². The summed E-state index contributed by atoms with van der Waals surface area (Å²) in [6, 6.07) is 7.19. The van der Waals surface area contributed by atoms with Gasteiger partial charge in [0, 0.05) is 17.9 Å². The van der Waals surface area contributed by atoms with Crippen molar-refractivity contribution in [3.8, 4) is 0 Å². The van der Waals surface area contributed by atoms with Crippen molar-refractivity contribution >= 4 is 23.2 Å². The first-order valence-electron chi connectivity index (χ1n) is 5.28. The highest BCUT2D eigenvalue weighted by atomic mass is 35.5. The number of aliphatic hydroxyl groups excluding tert-OH is 1. The number of Topliss-reactive ketones (excluding diaryl/α,β-unsaturated/α-hetero) is 2. The number of rotatable bonds is 1. The molecule has 2 rings (SSSR count). The van der Waals surface area contributed by atoms with Crippen molar-refractivity contribution in [3.63, 3.8) is 0 Å². The van der Waals surface area contributed by atoms with Crippen LogP contribution in [0.25, 0.3) is 0 Å². The summed E-state index contributed by atoms with van der Waals surface area (Å²) in [6.45, 7) is 0. The van der Waals surface area contributed by atoms with Gasteiger partial charge in [-0.05, 0) is 17.5 Å². The maximum atomic E-state index is 11.6. The molecule has 0 saturated heterocycles. The van der Waals surface area contributed by atoms with Gasteiger partial charge in [-0.2, -0.15) is 0 Å². The summed E-state index contributed by atoms with van der Waals surface area (Å²) < 4.78 is 0. The molecule has 0 heterocycles. The quantitative estimate of drug-likeness (QED) is 0.474. The zero-order valence-corrected chi connectivity index (χ0v) is 9.78. The van der Waals surface area contributed by atoms with Crippen LogP contribution in [0.4, 0.5) is 0 Å². The van der Waals surface area contributed by atoms with Gasteiger partial charge in [0.2, 0.25) is 0 Å². The van der Waals surface area contributed by atoms with Gasteiger partial charge in [-0.15, -0.1) is 0 Å². The highest BCUT2D eigenvalue weighted by Crippen LogP contribution is 2.34. The number of carbonyl (C=O) groups excluding carboxylic acids is 2. The molecule has 0 spiro atoms. The molecule has 17 heavy (non-hydrogen) atoms. The largest absolute Gasteiger partial charge is 0.515 e.